The standard InChI is InChI=1S/C29H57BrO4/c1-24(2)12-10-14-26(5)17-21-33-29(19-23-32-28(31)16-8-7-9-20-30)34-22-18-27(6)15-11-13-25(3)4/h24-27,29H,7-23H2,1-6H3. The summed E-state index contributed by atoms with van der Waals surface area (Å²) in [5, 5.41) is 0.991. The molecule has 0 aliphatic heterocycles. The molecule has 34 heavy (non-hydrogen) atoms. The van der Waals surface area contributed by atoms with Gasteiger partial charge in [0.1, 0.15) is 0 Å². The van der Waals surface area contributed by atoms with Crippen molar-refractivity contribution < 1.29 is 19.0 Å². The van der Waals surface area contributed by atoms with Gasteiger partial charge in [0.05, 0.1) is 6.61 Å². The fourth-order valence-electron chi connectivity index (χ4n) is 3.94. The number of unbranched alkanes of at least 4 members (excludes halogenated alkanes) is 2. The second-order valence-corrected chi connectivity index (χ2v) is 11.9. The molecular weight excluding hydrogens is 492 g/mol. The summed E-state index contributed by atoms with van der Waals surface area (Å²) in [4.78, 5) is 12.0. The molecule has 0 aliphatic rings. The van der Waals surface area contributed by atoms with E-state index in [1.807, 2.05) is 0 Å². The highest BCUT2D eigenvalue weighted by Crippen LogP contribution is 2.18. The van der Waals surface area contributed by atoms with Gasteiger partial charge in [0.15, 0.2) is 6.29 Å². The molecule has 204 valence electrons. The Bertz CT molecular complexity index is 429. The molecule has 4 nitrogen and oxygen atoms in total. The maximum absolute atomic E-state index is 12.0. The monoisotopic (exact) mass is 548 g/mol. The van der Waals surface area contributed by atoms with Crippen LogP contribution in [0.3, 0.4) is 0 Å². The van der Waals surface area contributed by atoms with Crippen LogP contribution in [0.2, 0.25) is 0 Å². The molecule has 0 N–H and O–H groups in total. The van der Waals surface area contributed by atoms with Crippen LogP contribution in [0.15, 0.2) is 0 Å². The summed E-state index contributed by atoms with van der Waals surface area (Å²) in [6.45, 7) is 15.6. The van der Waals surface area contributed by atoms with Crippen LogP contribution in [-0.2, 0) is 19.0 Å². The Morgan fingerprint density at radius 1 is 0.618 bits per heavy atom. The van der Waals surface area contributed by atoms with Gasteiger partial charge in [-0.25, -0.2) is 0 Å². The second-order valence-electron chi connectivity index (χ2n) is 11.1. The lowest BCUT2D eigenvalue weighted by Gasteiger charge is -2.21. The van der Waals surface area contributed by atoms with Gasteiger partial charge >= 0.3 is 5.97 Å². The first-order valence-corrected chi connectivity index (χ1v) is 15.3. The SMILES string of the molecule is CC(C)CCCC(C)CCOC(CCOC(=O)CCCCCBr)OCCC(C)CCCC(C)C. The zero-order valence-corrected chi connectivity index (χ0v) is 25.0. The maximum atomic E-state index is 12.0. The molecule has 0 aromatic rings. The summed E-state index contributed by atoms with van der Waals surface area (Å²) in [6, 6.07) is 0. The van der Waals surface area contributed by atoms with Crippen molar-refractivity contribution in [2.75, 3.05) is 25.2 Å². The van der Waals surface area contributed by atoms with Gasteiger partial charge in [-0.05, 0) is 49.4 Å². The third kappa shape index (κ3) is 23.6. The molecule has 2 unspecified atom stereocenters. The van der Waals surface area contributed by atoms with Crippen LogP contribution < -0.4 is 0 Å². The minimum atomic E-state index is -0.285. The van der Waals surface area contributed by atoms with Crippen molar-refractivity contribution in [3.63, 3.8) is 0 Å². The van der Waals surface area contributed by atoms with Crippen molar-refractivity contribution in [1.82, 2.24) is 0 Å². The van der Waals surface area contributed by atoms with Crippen molar-refractivity contribution in [3.05, 3.63) is 0 Å². The van der Waals surface area contributed by atoms with Crippen LogP contribution in [0.4, 0.5) is 0 Å². The average Bonchev–Trinajstić information content (AvgIpc) is 2.76. The fraction of sp³-hybridized carbons (Fsp3) is 0.966. The van der Waals surface area contributed by atoms with E-state index in [4.69, 9.17) is 14.2 Å². The van der Waals surface area contributed by atoms with E-state index in [0.717, 1.165) is 49.3 Å². The summed E-state index contributed by atoms with van der Waals surface area (Å²) >= 11 is 3.42. The van der Waals surface area contributed by atoms with Gasteiger partial charge in [-0.3, -0.25) is 4.79 Å². The van der Waals surface area contributed by atoms with E-state index in [2.05, 4.69) is 57.5 Å². The summed E-state index contributed by atoms with van der Waals surface area (Å²) in [5.74, 6) is 2.78. The molecule has 0 amide bonds. The number of carbonyl (C=O) groups excluding carboxylic acids is 1. The molecule has 0 aromatic carbocycles. The molecule has 0 aromatic heterocycles. The van der Waals surface area contributed by atoms with Crippen molar-refractivity contribution >= 4 is 21.9 Å². The summed E-state index contributed by atoms with van der Waals surface area (Å²) in [5.41, 5.74) is 0. The minimum absolute atomic E-state index is 0.106. The van der Waals surface area contributed by atoms with Gasteiger partial charge < -0.3 is 14.2 Å². The van der Waals surface area contributed by atoms with Gasteiger partial charge in [0.2, 0.25) is 0 Å². The van der Waals surface area contributed by atoms with Crippen LogP contribution in [0, 0.1) is 23.7 Å². The normalized spacial score (nSPS) is 14.5. The molecule has 0 bridgehead atoms. The Morgan fingerprint density at radius 3 is 1.62 bits per heavy atom. The minimum Gasteiger partial charge on any atom is -0.465 e. The number of halogens is 1. The number of carbonyl (C=O) groups is 1. The Hall–Kier alpha value is -0.130. The Morgan fingerprint density at radius 2 is 1.15 bits per heavy atom. The van der Waals surface area contributed by atoms with E-state index in [-0.39, 0.29) is 12.3 Å². The number of rotatable bonds is 24. The summed E-state index contributed by atoms with van der Waals surface area (Å²) in [6.07, 6.45) is 13.7. The van der Waals surface area contributed by atoms with E-state index in [1.54, 1.807) is 0 Å². The molecule has 0 spiro atoms. The number of hydrogen-bond donors (Lipinski definition) is 0. The lowest BCUT2D eigenvalue weighted by molar-refractivity contribution is -0.163. The zero-order valence-electron chi connectivity index (χ0n) is 23.4. The third-order valence-corrected chi connectivity index (χ3v) is 6.98. The molecule has 0 saturated heterocycles. The highest BCUT2D eigenvalue weighted by atomic mass is 79.9. The summed E-state index contributed by atoms with van der Waals surface area (Å²) < 4.78 is 17.7. The predicted octanol–water partition coefficient (Wildman–Crippen LogP) is 8.94. The highest BCUT2D eigenvalue weighted by molar-refractivity contribution is 9.09. The van der Waals surface area contributed by atoms with E-state index in [9.17, 15) is 4.79 Å². The molecule has 0 heterocycles. The smallest absolute Gasteiger partial charge is 0.305 e. The number of ether oxygens (including phenoxy) is 3. The lowest BCUT2D eigenvalue weighted by Crippen LogP contribution is -2.23. The molecule has 0 saturated carbocycles. The second kappa shape index (κ2) is 23.3. The Balaban J connectivity index is 4.30. The first-order chi connectivity index (χ1) is 16.2. The van der Waals surface area contributed by atoms with Crippen molar-refractivity contribution in [3.8, 4) is 0 Å². The number of hydrogen-bond acceptors (Lipinski definition) is 4. The molecular formula is C29H57BrO4. The lowest BCUT2D eigenvalue weighted by atomic mass is 9.97. The van der Waals surface area contributed by atoms with Crippen LogP contribution in [-0.4, -0.2) is 37.4 Å². The van der Waals surface area contributed by atoms with Crippen LogP contribution in [0.5, 0.6) is 0 Å². The molecule has 0 radical (unpaired) electrons. The summed E-state index contributed by atoms with van der Waals surface area (Å²) in [7, 11) is 0. The average molecular weight is 550 g/mol. The predicted molar refractivity (Wildman–Crippen MR) is 148 cm³/mol. The molecule has 0 aliphatic carbocycles. The van der Waals surface area contributed by atoms with Crippen LogP contribution in [0.25, 0.3) is 0 Å². The zero-order chi connectivity index (χ0) is 25.6. The van der Waals surface area contributed by atoms with E-state index in [1.165, 1.54) is 38.5 Å². The number of alkyl halides is 1. The van der Waals surface area contributed by atoms with E-state index >= 15 is 0 Å². The highest BCUT2D eigenvalue weighted by Gasteiger charge is 2.14. The fourth-order valence-corrected chi connectivity index (χ4v) is 4.33. The van der Waals surface area contributed by atoms with Crippen LogP contribution in [0.1, 0.15) is 125 Å². The van der Waals surface area contributed by atoms with Gasteiger partial charge in [-0.1, -0.05) is 102 Å². The van der Waals surface area contributed by atoms with Gasteiger partial charge in [0.25, 0.3) is 0 Å². The van der Waals surface area contributed by atoms with Crippen molar-refractivity contribution in [2.24, 2.45) is 23.7 Å². The molecule has 0 rings (SSSR count). The first-order valence-electron chi connectivity index (χ1n) is 14.2. The first kappa shape index (κ1) is 33.9. The van der Waals surface area contributed by atoms with Crippen LogP contribution >= 0.6 is 15.9 Å². The maximum Gasteiger partial charge on any atom is 0.305 e. The van der Waals surface area contributed by atoms with Gasteiger partial charge in [-0.2, -0.15) is 0 Å². The van der Waals surface area contributed by atoms with Gasteiger partial charge in [0, 0.05) is 31.4 Å². The molecule has 5 heteroatoms. The van der Waals surface area contributed by atoms with Gasteiger partial charge in [-0.15, -0.1) is 0 Å². The van der Waals surface area contributed by atoms with E-state index in [0.29, 0.717) is 44.5 Å². The van der Waals surface area contributed by atoms with Crippen molar-refractivity contribution in [2.45, 2.75) is 131 Å². The topological polar surface area (TPSA) is 44.8 Å². The largest absolute Gasteiger partial charge is 0.465 e. The third-order valence-electron chi connectivity index (χ3n) is 6.42. The Kier molecular flexibility index (Phi) is 23.2. The Labute approximate surface area is 220 Å². The molecule has 2 atom stereocenters. The van der Waals surface area contributed by atoms with Crippen molar-refractivity contribution in [1.29, 1.82) is 0 Å². The van der Waals surface area contributed by atoms with E-state index < -0.39 is 0 Å². The number of esters is 1. The molecule has 0 fully saturated rings. The quantitative estimate of drug-likeness (QED) is 0.0522.